The first-order valence-corrected chi connectivity index (χ1v) is 17.8. The van der Waals surface area contributed by atoms with Crippen molar-refractivity contribution in [2.24, 2.45) is 9.98 Å². The maximum atomic E-state index is 12.6. The molecule has 0 atom stereocenters. The van der Waals surface area contributed by atoms with Crippen LogP contribution in [0.15, 0.2) is 144 Å². The van der Waals surface area contributed by atoms with Crippen molar-refractivity contribution in [1.29, 1.82) is 0 Å². The number of nitrogens with zero attached hydrogens (tertiary/aromatic N) is 5. The summed E-state index contributed by atoms with van der Waals surface area (Å²) in [6.45, 7) is 2.62. The first-order valence-electron chi connectivity index (χ1n) is 17.8. The zero-order valence-electron chi connectivity index (χ0n) is 29.0. The van der Waals surface area contributed by atoms with Crippen molar-refractivity contribution in [3.8, 4) is 5.75 Å². The van der Waals surface area contributed by atoms with Crippen LogP contribution in [-0.2, 0) is 50.2 Å². The van der Waals surface area contributed by atoms with Gasteiger partial charge in [-0.15, -0.1) is 0 Å². The topological polar surface area (TPSA) is 91.0 Å². The third kappa shape index (κ3) is 7.16. The van der Waals surface area contributed by atoms with Crippen molar-refractivity contribution >= 4 is 17.3 Å². The van der Waals surface area contributed by atoms with Gasteiger partial charge in [0.1, 0.15) is 5.75 Å². The average Bonchev–Trinajstić information content (AvgIpc) is 3.79. The Morgan fingerprint density at radius 2 is 1.17 bits per heavy atom. The number of hydrogen-bond donors (Lipinski definition) is 1. The zero-order chi connectivity index (χ0) is 35.3. The van der Waals surface area contributed by atoms with Crippen LogP contribution in [0.25, 0.3) is 0 Å². The molecule has 3 aliphatic rings. The molecule has 256 valence electrons. The lowest BCUT2D eigenvalue weighted by molar-refractivity contribution is -0.132. The predicted molar refractivity (Wildman–Crippen MR) is 205 cm³/mol. The monoisotopic (exact) mass is 681 g/mol. The molecular formula is C45H39N5O2. The summed E-state index contributed by atoms with van der Waals surface area (Å²) in [7, 11) is 0. The molecule has 0 radical (unpaired) electrons. The molecule has 0 saturated heterocycles. The highest BCUT2D eigenvalue weighted by Crippen LogP contribution is 2.32. The Kier molecular flexibility index (Phi) is 9.48. The Morgan fingerprint density at radius 1 is 0.596 bits per heavy atom. The lowest BCUT2D eigenvalue weighted by atomic mass is 9.91. The van der Waals surface area contributed by atoms with E-state index < -0.39 is 0 Å². The lowest BCUT2D eigenvalue weighted by Gasteiger charge is -2.29. The SMILES string of the molecule is O=C1Cc2cc3c(cc2CN1Cc1ccccc1)C(c1ccncc1)=NC3.Oc1cc2c(cc1CCCc1ccccc1)C(c1ccncc1)=NC2. The van der Waals surface area contributed by atoms with Gasteiger partial charge in [0.05, 0.1) is 30.9 Å². The molecule has 1 N–H and O–H groups in total. The van der Waals surface area contributed by atoms with Crippen LogP contribution in [0.4, 0.5) is 0 Å². The van der Waals surface area contributed by atoms with E-state index in [1.807, 2.05) is 59.5 Å². The average molecular weight is 682 g/mol. The molecule has 7 heteroatoms. The predicted octanol–water partition coefficient (Wildman–Crippen LogP) is 7.83. The number of aliphatic imine (C=N–C) groups is 2. The Hall–Kier alpha value is -6.21. The number of hydrogen-bond acceptors (Lipinski definition) is 6. The van der Waals surface area contributed by atoms with E-state index in [-0.39, 0.29) is 5.91 Å². The van der Waals surface area contributed by atoms with Crippen molar-refractivity contribution in [3.63, 3.8) is 0 Å². The van der Waals surface area contributed by atoms with E-state index in [9.17, 15) is 9.90 Å². The van der Waals surface area contributed by atoms with Gasteiger partial charge in [-0.05, 0) is 101 Å². The largest absolute Gasteiger partial charge is 0.508 e. The van der Waals surface area contributed by atoms with Gasteiger partial charge in [-0.25, -0.2) is 0 Å². The van der Waals surface area contributed by atoms with Gasteiger partial charge in [0.15, 0.2) is 0 Å². The third-order valence-corrected chi connectivity index (χ3v) is 9.99. The molecule has 52 heavy (non-hydrogen) atoms. The number of phenolic OH excluding ortho intramolecular Hbond substituents is 1. The summed E-state index contributed by atoms with van der Waals surface area (Å²) in [6.07, 6.45) is 10.5. The van der Waals surface area contributed by atoms with E-state index in [2.05, 4.69) is 69.6 Å². The van der Waals surface area contributed by atoms with Gasteiger partial charge in [0.25, 0.3) is 0 Å². The van der Waals surface area contributed by atoms with Gasteiger partial charge in [-0.1, -0.05) is 66.7 Å². The van der Waals surface area contributed by atoms with Gasteiger partial charge in [-0.3, -0.25) is 24.7 Å². The second-order valence-electron chi connectivity index (χ2n) is 13.5. The van der Waals surface area contributed by atoms with E-state index in [0.717, 1.165) is 69.6 Å². The van der Waals surface area contributed by atoms with Crippen LogP contribution in [0.1, 0.15) is 67.6 Å². The standard InChI is InChI=1S/C23H19N3O.C22H20N2O/c27-22-12-18-10-19-13-25-23(17-6-8-24-9-7-17)21(19)11-20(18)15-26(22)14-16-4-2-1-3-5-16;25-21-14-19-15-24-22(17-9-11-23-12-10-17)20(19)13-18(21)8-4-7-16-5-2-1-3-6-16/h1-11H,12-15H2;1-3,5-6,9-14,25H,4,7-8,15H2. The normalized spacial score (nSPS) is 14.1. The molecule has 3 aliphatic heterocycles. The van der Waals surface area contributed by atoms with Crippen LogP contribution >= 0.6 is 0 Å². The Labute approximate surface area is 304 Å². The second kappa shape index (κ2) is 15.0. The summed E-state index contributed by atoms with van der Waals surface area (Å²) in [4.78, 5) is 32.2. The van der Waals surface area contributed by atoms with Crippen molar-refractivity contribution in [3.05, 3.63) is 195 Å². The molecule has 0 unspecified atom stereocenters. The second-order valence-corrected chi connectivity index (χ2v) is 13.5. The number of aryl methyl sites for hydroxylation is 2. The number of phenols is 1. The van der Waals surface area contributed by atoms with Crippen LogP contribution in [0, 0.1) is 0 Å². The first-order chi connectivity index (χ1) is 25.6. The van der Waals surface area contributed by atoms with Gasteiger partial charge < -0.3 is 10.0 Å². The van der Waals surface area contributed by atoms with Crippen LogP contribution < -0.4 is 0 Å². The van der Waals surface area contributed by atoms with Crippen molar-refractivity contribution in [2.45, 2.75) is 51.9 Å². The minimum absolute atomic E-state index is 0.194. The third-order valence-electron chi connectivity index (χ3n) is 9.99. The summed E-state index contributed by atoms with van der Waals surface area (Å²) in [5.74, 6) is 0.581. The fourth-order valence-corrected chi connectivity index (χ4v) is 7.29. The Bertz CT molecular complexity index is 2270. The van der Waals surface area contributed by atoms with Crippen LogP contribution in [0.2, 0.25) is 0 Å². The zero-order valence-corrected chi connectivity index (χ0v) is 29.0. The van der Waals surface area contributed by atoms with Crippen LogP contribution in [0.5, 0.6) is 5.75 Å². The Balaban J connectivity index is 0.000000149. The van der Waals surface area contributed by atoms with E-state index in [0.29, 0.717) is 38.3 Å². The van der Waals surface area contributed by atoms with Gasteiger partial charge in [-0.2, -0.15) is 0 Å². The lowest BCUT2D eigenvalue weighted by Crippen LogP contribution is -2.35. The van der Waals surface area contributed by atoms with Gasteiger partial charge in [0, 0.05) is 60.1 Å². The summed E-state index contributed by atoms with van der Waals surface area (Å²) in [5, 5.41) is 10.4. The summed E-state index contributed by atoms with van der Waals surface area (Å²) < 4.78 is 0. The quantitative estimate of drug-likeness (QED) is 0.177. The fraction of sp³-hybridized carbons (Fsp3) is 0.178. The van der Waals surface area contributed by atoms with Crippen LogP contribution in [-0.4, -0.2) is 37.3 Å². The van der Waals surface area contributed by atoms with Gasteiger partial charge in [0.2, 0.25) is 5.91 Å². The highest BCUT2D eigenvalue weighted by Gasteiger charge is 2.27. The molecule has 1 amide bonds. The van der Waals surface area contributed by atoms with Crippen molar-refractivity contribution < 1.29 is 9.90 Å². The maximum absolute atomic E-state index is 12.6. The summed E-state index contributed by atoms with van der Waals surface area (Å²) >= 11 is 0. The molecule has 0 fully saturated rings. The minimum Gasteiger partial charge on any atom is -0.508 e. The molecule has 2 aromatic heterocycles. The molecule has 0 spiro atoms. The number of pyridine rings is 2. The highest BCUT2D eigenvalue weighted by molar-refractivity contribution is 6.16. The van der Waals surface area contributed by atoms with Crippen LogP contribution in [0.3, 0.4) is 0 Å². The van der Waals surface area contributed by atoms with E-state index in [4.69, 9.17) is 4.99 Å². The summed E-state index contributed by atoms with van der Waals surface area (Å²) in [5.41, 5.74) is 14.7. The number of aromatic hydroxyl groups is 1. The number of carbonyl (C=O) groups is 1. The maximum Gasteiger partial charge on any atom is 0.227 e. The van der Waals surface area contributed by atoms with Crippen molar-refractivity contribution in [1.82, 2.24) is 14.9 Å². The molecule has 0 saturated carbocycles. The number of rotatable bonds is 8. The molecule has 9 rings (SSSR count). The van der Waals surface area contributed by atoms with E-state index in [1.165, 1.54) is 22.3 Å². The minimum atomic E-state index is 0.194. The number of fused-ring (bicyclic) bond motifs is 3. The summed E-state index contributed by atoms with van der Waals surface area (Å²) in [6, 6.07) is 37.0. The number of carbonyl (C=O) groups excluding carboxylic acids is 1. The van der Waals surface area contributed by atoms with Crippen molar-refractivity contribution in [2.75, 3.05) is 0 Å². The smallest absolute Gasteiger partial charge is 0.227 e. The molecule has 0 aliphatic carbocycles. The molecule has 5 heterocycles. The number of aromatic nitrogens is 2. The molecule has 6 aromatic rings. The van der Waals surface area contributed by atoms with Gasteiger partial charge >= 0.3 is 0 Å². The first kappa shape index (κ1) is 33.0. The molecule has 4 aromatic carbocycles. The number of benzene rings is 4. The highest BCUT2D eigenvalue weighted by atomic mass is 16.3. The number of amides is 1. The molecule has 7 nitrogen and oxygen atoms in total. The van der Waals surface area contributed by atoms with E-state index in [1.54, 1.807) is 24.8 Å². The molecule has 0 bridgehead atoms. The fourth-order valence-electron chi connectivity index (χ4n) is 7.29. The molecular weight excluding hydrogens is 643 g/mol. The van der Waals surface area contributed by atoms with E-state index >= 15 is 0 Å². The Morgan fingerprint density at radius 3 is 1.81 bits per heavy atom.